The number of hydrogen-bond acceptors (Lipinski definition) is 0. The van der Waals surface area contributed by atoms with Crippen molar-refractivity contribution in [3.05, 3.63) is 66.8 Å². The van der Waals surface area contributed by atoms with Crippen molar-refractivity contribution in [3.63, 3.8) is 0 Å². The van der Waals surface area contributed by atoms with Gasteiger partial charge in [-0.15, -0.1) is 0 Å². The molecule has 0 aromatic heterocycles. The molecule has 0 amide bonds. The minimum atomic E-state index is -0.125. The summed E-state index contributed by atoms with van der Waals surface area (Å²) >= 11 is 5.98. The summed E-state index contributed by atoms with van der Waals surface area (Å²) in [4.78, 5) is 0. The molecule has 2 heteroatoms. The molecule has 2 aromatic rings. The summed E-state index contributed by atoms with van der Waals surface area (Å²) in [6.07, 6.45) is 0. The predicted molar refractivity (Wildman–Crippen MR) is 55.3 cm³/mol. The second-order valence-corrected chi connectivity index (χ2v) is 6.16. The van der Waals surface area contributed by atoms with Crippen LogP contribution in [0.2, 0.25) is 5.02 Å². The first kappa shape index (κ1) is 9.99. The van der Waals surface area contributed by atoms with Crippen molar-refractivity contribution in [1.29, 1.82) is 0 Å². The SMILES string of the molecule is Clc1ccccc1[I-]c1ccccc1. The van der Waals surface area contributed by atoms with Crippen LogP contribution >= 0.6 is 11.6 Å². The zero-order valence-electron chi connectivity index (χ0n) is 7.45. The maximum atomic E-state index is 6.10. The average Bonchev–Trinajstić information content (AvgIpc) is 2.23. The molecule has 0 saturated heterocycles. The zero-order valence-corrected chi connectivity index (χ0v) is 10.4. The van der Waals surface area contributed by atoms with Crippen molar-refractivity contribution in [2.45, 2.75) is 0 Å². The van der Waals surface area contributed by atoms with Gasteiger partial charge in [0.15, 0.2) is 0 Å². The summed E-state index contributed by atoms with van der Waals surface area (Å²) in [7, 11) is 0. The molecule has 0 aliphatic carbocycles. The minimum absolute atomic E-state index is 0.125. The molecule has 0 unspecified atom stereocenters. The van der Waals surface area contributed by atoms with Gasteiger partial charge in [-0.05, 0) is 0 Å². The summed E-state index contributed by atoms with van der Waals surface area (Å²) in [5, 5.41) is 0.893. The molecule has 0 fully saturated rings. The van der Waals surface area contributed by atoms with Crippen LogP contribution in [0.4, 0.5) is 0 Å². The molecule has 0 aliphatic rings. The Bertz CT molecular complexity index is 412. The van der Waals surface area contributed by atoms with Crippen LogP contribution in [0.1, 0.15) is 0 Å². The monoisotopic (exact) mass is 315 g/mol. The van der Waals surface area contributed by atoms with Crippen molar-refractivity contribution in [3.8, 4) is 0 Å². The third kappa shape index (κ3) is 2.49. The molecule has 0 N–H and O–H groups in total. The molecule has 0 radical (unpaired) electrons. The Kier molecular flexibility index (Phi) is 3.43. The van der Waals surface area contributed by atoms with E-state index in [9.17, 15) is 0 Å². The van der Waals surface area contributed by atoms with Crippen molar-refractivity contribution >= 4 is 11.6 Å². The molecule has 0 aliphatic heterocycles. The average molecular weight is 316 g/mol. The molecule has 2 aromatic carbocycles. The van der Waals surface area contributed by atoms with Crippen LogP contribution in [0.25, 0.3) is 0 Å². The second-order valence-electron chi connectivity index (χ2n) is 2.80. The van der Waals surface area contributed by atoms with Crippen molar-refractivity contribution in [2.75, 3.05) is 0 Å². The molecular weight excluding hydrogens is 306 g/mol. The fourth-order valence-corrected chi connectivity index (χ4v) is 3.76. The summed E-state index contributed by atoms with van der Waals surface area (Å²) in [6, 6.07) is 18.6. The van der Waals surface area contributed by atoms with Crippen LogP contribution in [-0.4, -0.2) is 0 Å². The third-order valence-electron chi connectivity index (χ3n) is 1.77. The Morgan fingerprint density at radius 3 is 2.14 bits per heavy atom. The number of rotatable bonds is 2. The van der Waals surface area contributed by atoms with E-state index in [4.69, 9.17) is 11.6 Å². The molecule has 0 nitrogen and oxygen atoms in total. The van der Waals surface area contributed by atoms with Crippen LogP contribution in [0.15, 0.2) is 54.6 Å². The third-order valence-corrected chi connectivity index (χ3v) is 5.28. The standard InChI is InChI=1S/C12H9ClI/c13-11-8-4-5-9-12(11)14-10-6-2-1-3-7-10/h1-9H/q-1. The molecule has 0 spiro atoms. The molecule has 0 atom stereocenters. The van der Waals surface area contributed by atoms with Gasteiger partial charge in [0.2, 0.25) is 0 Å². The van der Waals surface area contributed by atoms with Crippen LogP contribution in [0.5, 0.6) is 0 Å². The maximum absolute atomic E-state index is 6.10. The van der Waals surface area contributed by atoms with Gasteiger partial charge in [-0.3, -0.25) is 0 Å². The van der Waals surface area contributed by atoms with Gasteiger partial charge in [0.05, 0.1) is 0 Å². The molecule has 2 rings (SSSR count). The molecule has 14 heavy (non-hydrogen) atoms. The van der Waals surface area contributed by atoms with Gasteiger partial charge in [0.25, 0.3) is 0 Å². The Labute approximate surface area is 99.2 Å². The van der Waals surface area contributed by atoms with E-state index in [2.05, 4.69) is 30.3 Å². The van der Waals surface area contributed by atoms with Gasteiger partial charge < -0.3 is 0 Å². The van der Waals surface area contributed by atoms with Gasteiger partial charge >= 0.3 is 99.6 Å². The first-order valence-corrected chi connectivity index (χ1v) is 6.84. The summed E-state index contributed by atoms with van der Waals surface area (Å²) in [6.45, 7) is 0. The fourth-order valence-electron chi connectivity index (χ4n) is 1.11. The first-order chi connectivity index (χ1) is 6.86. The molecule has 72 valence electrons. The first-order valence-electron chi connectivity index (χ1n) is 4.30. The van der Waals surface area contributed by atoms with Gasteiger partial charge in [0, 0.05) is 0 Å². The zero-order chi connectivity index (χ0) is 9.80. The number of hydrogen-bond donors (Lipinski definition) is 0. The van der Waals surface area contributed by atoms with Gasteiger partial charge in [-0.2, -0.15) is 0 Å². The van der Waals surface area contributed by atoms with E-state index in [0.717, 1.165) is 5.02 Å². The van der Waals surface area contributed by atoms with E-state index in [1.54, 1.807) is 0 Å². The Hall–Kier alpha value is -0.540. The van der Waals surface area contributed by atoms with Gasteiger partial charge in [0.1, 0.15) is 0 Å². The van der Waals surface area contributed by atoms with Gasteiger partial charge in [-0.1, -0.05) is 0 Å². The summed E-state index contributed by atoms with van der Waals surface area (Å²) in [5.41, 5.74) is 0. The van der Waals surface area contributed by atoms with E-state index in [-0.39, 0.29) is 21.2 Å². The second kappa shape index (κ2) is 4.80. The number of halogens is 2. The van der Waals surface area contributed by atoms with Crippen LogP contribution < -0.4 is 21.2 Å². The normalized spacial score (nSPS) is 10.4. The van der Waals surface area contributed by atoms with E-state index in [1.165, 1.54) is 7.14 Å². The molecule has 0 saturated carbocycles. The Morgan fingerprint density at radius 1 is 0.786 bits per heavy atom. The van der Waals surface area contributed by atoms with E-state index in [1.807, 2.05) is 24.3 Å². The van der Waals surface area contributed by atoms with Gasteiger partial charge in [-0.25, -0.2) is 0 Å². The van der Waals surface area contributed by atoms with E-state index < -0.39 is 0 Å². The predicted octanol–water partition coefficient (Wildman–Crippen LogP) is 0.468. The summed E-state index contributed by atoms with van der Waals surface area (Å²) in [5.74, 6) is 0. The molecular formula is C12H9ClI-. The van der Waals surface area contributed by atoms with Crippen LogP contribution in [0, 0.1) is 7.14 Å². The summed E-state index contributed by atoms with van der Waals surface area (Å²) < 4.78 is 2.69. The van der Waals surface area contributed by atoms with E-state index >= 15 is 0 Å². The Morgan fingerprint density at radius 2 is 1.43 bits per heavy atom. The van der Waals surface area contributed by atoms with E-state index in [0.29, 0.717) is 0 Å². The fraction of sp³-hybridized carbons (Fsp3) is 0. The topological polar surface area (TPSA) is 0 Å². The number of benzene rings is 2. The Balaban J connectivity index is 2.24. The van der Waals surface area contributed by atoms with Crippen molar-refractivity contribution in [2.24, 2.45) is 0 Å². The van der Waals surface area contributed by atoms with Crippen molar-refractivity contribution in [1.82, 2.24) is 0 Å². The molecule has 0 bridgehead atoms. The molecule has 0 heterocycles. The van der Waals surface area contributed by atoms with Crippen molar-refractivity contribution < 1.29 is 21.2 Å². The van der Waals surface area contributed by atoms with Crippen LogP contribution in [0.3, 0.4) is 0 Å². The quantitative estimate of drug-likeness (QED) is 0.707. The van der Waals surface area contributed by atoms with Crippen LogP contribution in [-0.2, 0) is 0 Å².